The number of hydrogen-bond donors (Lipinski definition) is 1. The van der Waals surface area contributed by atoms with E-state index in [-0.39, 0.29) is 11.9 Å². The highest BCUT2D eigenvalue weighted by atomic mass is 16.5. The Hall–Kier alpha value is -1.69. The number of aromatic nitrogens is 2. The number of carbonyl (C=O) groups excluding carboxylic acids is 1. The molecule has 0 radical (unpaired) electrons. The lowest BCUT2D eigenvalue weighted by molar-refractivity contribution is 0.0934. The zero-order valence-corrected chi connectivity index (χ0v) is 12.3. The number of carbonyl (C=O) groups is 1. The molecule has 1 aromatic heterocycles. The highest BCUT2D eigenvalue weighted by Gasteiger charge is 2.17. The Balaban J connectivity index is 2.17. The molecule has 1 fully saturated rings. The molecule has 1 atom stereocenters. The maximum absolute atomic E-state index is 12.2. The summed E-state index contributed by atoms with van der Waals surface area (Å²) in [5, 5.41) is 2.93. The minimum atomic E-state index is -0.139. The van der Waals surface area contributed by atoms with E-state index in [0.29, 0.717) is 24.9 Å². The van der Waals surface area contributed by atoms with Crippen molar-refractivity contribution in [3.05, 3.63) is 17.5 Å². The number of nitrogens with one attached hydrogen (secondary N) is 1. The van der Waals surface area contributed by atoms with Gasteiger partial charge in [-0.1, -0.05) is 6.92 Å². The number of hydrogen-bond acceptors (Lipinski definition) is 5. The Morgan fingerprint density at radius 3 is 2.80 bits per heavy atom. The van der Waals surface area contributed by atoms with Gasteiger partial charge in [0.05, 0.1) is 13.2 Å². The summed E-state index contributed by atoms with van der Waals surface area (Å²) in [6.07, 6.45) is 0.895. The van der Waals surface area contributed by atoms with Crippen molar-refractivity contribution in [1.29, 1.82) is 0 Å². The lowest BCUT2D eigenvalue weighted by atomic mass is 10.2. The molecule has 2 heterocycles. The van der Waals surface area contributed by atoms with Crippen molar-refractivity contribution >= 4 is 11.9 Å². The molecule has 0 aliphatic carbocycles. The number of morpholine rings is 1. The highest BCUT2D eigenvalue weighted by molar-refractivity contribution is 5.92. The van der Waals surface area contributed by atoms with E-state index < -0.39 is 0 Å². The quantitative estimate of drug-likeness (QED) is 0.895. The molecule has 20 heavy (non-hydrogen) atoms. The summed E-state index contributed by atoms with van der Waals surface area (Å²) in [7, 11) is 0. The van der Waals surface area contributed by atoms with Crippen LogP contribution in [0.4, 0.5) is 5.95 Å². The van der Waals surface area contributed by atoms with Gasteiger partial charge in [-0.2, -0.15) is 0 Å². The van der Waals surface area contributed by atoms with Crippen molar-refractivity contribution in [2.45, 2.75) is 33.2 Å². The maximum atomic E-state index is 12.2. The fraction of sp³-hybridized carbons (Fsp3) is 0.643. The summed E-state index contributed by atoms with van der Waals surface area (Å²) in [6.45, 7) is 8.76. The smallest absolute Gasteiger partial charge is 0.270 e. The molecule has 1 saturated heterocycles. The Bertz CT molecular complexity index is 472. The van der Waals surface area contributed by atoms with Crippen molar-refractivity contribution in [2.75, 3.05) is 31.2 Å². The van der Waals surface area contributed by atoms with E-state index in [9.17, 15) is 4.79 Å². The first-order valence-electron chi connectivity index (χ1n) is 7.09. The summed E-state index contributed by atoms with van der Waals surface area (Å²) in [5.41, 5.74) is 1.23. The number of nitrogens with zero attached hydrogens (tertiary/aromatic N) is 3. The SMILES string of the molecule is CCC(C)NC(=O)c1cc(C)nc(N2CCOCC2)n1. The summed E-state index contributed by atoms with van der Waals surface area (Å²) < 4.78 is 5.32. The van der Waals surface area contributed by atoms with Crippen molar-refractivity contribution < 1.29 is 9.53 Å². The molecule has 110 valence electrons. The Kier molecular flexibility index (Phi) is 4.89. The van der Waals surface area contributed by atoms with E-state index in [4.69, 9.17) is 4.74 Å². The first kappa shape index (κ1) is 14.7. The summed E-state index contributed by atoms with van der Waals surface area (Å²) >= 11 is 0. The van der Waals surface area contributed by atoms with Crippen LogP contribution in [0.15, 0.2) is 6.07 Å². The van der Waals surface area contributed by atoms with Gasteiger partial charge in [-0.3, -0.25) is 4.79 Å². The molecule has 1 aliphatic rings. The zero-order valence-electron chi connectivity index (χ0n) is 12.3. The molecule has 1 aromatic rings. The molecular weight excluding hydrogens is 256 g/mol. The number of anilines is 1. The summed E-state index contributed by atoms with van der Waals surface area (Å²) in [4.78, 5) is 23.0. The van der Waals surface area contributed by atoms with E-state index >= 15 is 0 Å². The number of aryl methyl sites for hydroxylation is 1. The van der Waals surface area contributed by atoms with Gasteiger partial charge < -0.3 is 15.0 Å². The van der Waals surface area contributed by atoms with Gasteiger partial charge in [0, 0.05) is 24.8 Å². The maximum Gasteiger partial charge on any atom is 0.270 e. The van der Waals surface area contributed by atoms with Gasteiger partial charge in [-0.15, -0.1) is 0 Å². The van der Waals surface area contributed by atoms with Crippen molar-refractivity contribution in [3.8, 4) is 0 Å². The molecule has 1 amide bonds. The molecule has 6 heteroatoms. The summed E-state index contributed by atoms with van der Waals surface area (Å²) in [6, 6.07) is 1.87. The third-order valence-electron chi connectivity index (χ3n) is 3.36. The van der Waals surface area contributed by atoms with Crippen LogP contribution in [0.5, 0.6) is 0 Å². The van der Waals surface area contributed by atoms with Gasteiger partial charge in [-0.25, -0.2) is 9.97 Å². The molecule has 0 saturated carbocycles. The molecule has 0 spiro atoms. The Morgan fingerprint density at radius 2 is 2.15 bits per heavy atom. The third kappa shape index (κ3) is 3.66. The molecule has 0 aromatic carbocycles. The minimum absolute atomic E-state index is 0.139. The second-order valence-electron chi connectivity index (χ2n) is 5.08. The van der Waals surface area contributed by atoms with Gasteiger partial charge >= 0.3 is 0 Å². The lowest BCUT2D eigenvalue weighted by Gasteiger charge is -2.27. The molecule has 0 bridgehead atoms. The number of amides is 1. The van der Waals surface area contributed by atoms with Gasteiger partial charge in [0.1, 0.15) is 5.69 Å². The van der Waals surface area contributed by atoms with Crippen LogP contribution >= 0.6 is 0 Å². The number of ether oxygens (including phenoxy) is 1. The Morgan fingerprint density at radius 1 is 1.45 bits per heavy atom. The molecule has 6 nitrogen and oxygen atoms in total. The van der Waals surface area contributed by atoms with E-state index in [1.54, 1.807) is 6.07 Å². The molecule has 1 aliphatic heterocycles. The van der Waals surface area contributed by atoms with Crippen molar-refractivity contribution in [3.63, 3.8) is 0 Å². The van der Waals surface area contributed by atoms with E-state index in [2.05, 4.69) is 20.2 Å². The van der Waals surface area contributed by atoms with Crippen LogP contribution in [0.2, 0.25) is 0 Å². The van der Waals surface area contributed by atoms with E-state index in [1.807, 2.05) is 20.8 Å². The van der Waals surface area contributed by atoms with Crippen LogP contribution in [0.25, 0.3) is 0 Å². The predicted molar refractivity (Wildman–Crippen MR) is 77.0 cm³/mol. The average molecular weight is 278 g/mol. The molecule has 1 unspecified atom stereocenters. The molecule has 2 rings (SSSR count). The van der Waals surface area contributed by atoms with Crippen LogP contribution in [0.3, 0.4) is 0 Å². The fourth-order valence-corrected chi connectivity index (χ4v) is 1.97. The van der Waals surface area contributed by atoms with E-state index in [0.717, 1.165) is 25.2 Å². The lowest BCUT2D eigenvalue weighted by Crippen LogP contribution is -2.38. The first-order valence-corrected chi connectivity index (χ1v) is 7.09. The van der Waals surface area contributed by atoms with Crippen LogP contribution in [-0.2, 0) is 4.74 Å². The topological polar surface area (TPSA) is 67.4 Å². The monoisotopic (exact) mass is 278 g/mol. The Labute approximate surface area is 119 Å². The second-order valence-corrected chi connectivity index (χ2v) is 5.08. The van der Waals surface area contributed by atoms with Gasteiger partial charge in [-0.05, 0) is 26.3 Å². The van der Waals surface area contributed by atoms with Gasteiger partial charge in [0.25, 0.3) is 5.91 Å². The predicted octanol–water partition coefficient (Wildman–Crippen LogP) is 1.15. The standard InChI is InChI=1S/C14H22N4O2/c1-4-10(2)15-13(19)12-9-11(3)16-14(17-12)18-5-7-20-8-6-18/h9-10H,4-8H2,1-3H3,(H,15,19). The third-order valence-corrected chi connectivity index (χ3v) is 3.36. The van der Waals surface area contributed by atoms with Crippen LogP contribution in [0.1, 0.15) is 36.5 Å². The fourth-order valence-electron chi connectivity index (χ4n) is 1.97. The average Bonchev–Trinajstić information content (AvgIpc) is 2.47. The molecule has 1 N–H and O–H groups in total. The van der Waals surface area contributed by atoms with Crippen molar-refractivity contribution in [2.24, 2.45) is 0 Å². The normalized spacial score (nSPS) is 16.9. The highest BCUT2D eigenvalue weighted by Crippen LogP contribution is 2.12. The van der Waals surface area contributed by atoms with Gasteiger partial charge in [0.15, 0.2) is 0 Å². The minimum Gasteiger partial charge on any atom is -0.378 e. The summed E-state index contributed by atoms with van der Waals surface area (Å²) in [5.74, 6) is 0.474. The second kappa shape index (κ2) is 6.65. The first-order chi connectivity index (χ1) is 9.60. The van der Waals surface area contributed by atoms with Crippen LogP contribution in [0, 0.1) is 6.92 Å². The van der Waals surface area contributed by atoms with Gasteiger partial charge in [0.2, 0.25) is 5.95 Å². The number of rotatable bonds is 4. The largest absolute Gasteiger partial charge is 0.378 e. The van der Waals surface area contributed by atoms with Crippen LogP contribution in [-0.4, -0.2) is 48.2 Å². The zero-order chi connectivity index (χ0) is 14.5. The van der Waals surface area contributed by atoms with E-state index in [1.165, 1.54) is 0 Å². The van der Waals surface area contributed by atoms with Crippen LogP contribution < -0.4 is 10.2 Å². The molecular formula is C14H22N4O2. The van der Waals surface area contributed by atoms with Crippen molar-refractivity contribution in [1.82, 2.24) is 15.3 Å².